The first-order valence-electron chi connectivity index (χ1n) is 7.82. The third-order valence-electron chi connectivity index (χ3n) is 4.21. The highest BCUT2D eigenvalue weighted by atomic mass is 32.1. The number of thiazole rings is 1. The second kappa shape index (κ2) is 6.44. The van der Waals surface area contributed by atoms with Gasteiger partial charge in [0.2, 0.25) is 0 Å². The molecule has 4 heteroatoms. The topological polar surface area (TPSA) is 28.2 Å². The lowest BCUT2D eigenvalue weighted by Gasteiger charge is -2.23. The van der Waals surface area contributed by atoms with Gasteiger partial charge in [0, 0.05) is 24.5 Å². The fourth-order valence-corrected chi connectivity index (χ4v) is 4.12. The molecule has 0 unspecified atom stereocenters. The van der Waals surface area contributed by atoms with Gasteiger partial charge in [-0.25, -0.2) is 4.98 Å². The minimum Gasteiger partial charge on any atom is -0.348 e. The van der Waals surface area contributed by atoms with Crippen molar-refractivity contribution in [2.24, 2.45) is 5.41 Å². The maximum atomic E-state index is 4.95. The van der Waals surface area contributed by atoms with Gasteiger partial charge in [0.25, 0.3) is 0 Å². The Hall–Kier alpha value is -0.610. The van der Waals surface area contributed by atoms with E-state index in [4.69, 9.17) is 4.98 Å². The summed E-state index contributed by atoms with van der Waals surface area (Å²) in [5.74, 6) is 0.506. The number of nitrogens with zero attached hydrogens (tertiary/aromatic N) is 2. The molecule has 0 spiro atoms. The van der Waals surface area contributed by atoms with Crippen LogP contribution in [0, 0.1) is 5.41 Å². The molecule has 1 aliphatic heterocycles. The highest BCUT2D eigenvalue weighted by Gasteiger charge is 2.25. The molecule has 0 radical (unpaired) electrons. The predicted octanol–water partition coefficient (Wildman–Crippen LogP) is 4.00. The first-order valence-corrected chi connectivity index (χ1v) is 8.64. The van der Waals surface area contributed by atoms with Crippen LogP contribution >= 0.6 is 11.3 Å². The van der Waals surface area contributed by atoms with E-state index in [-0.39, 0.29) is 0 Å². The zero-order valence-corrected chi connectivity index (χ0v) is 14.4. The van der Waals surface area contributed by atoms with E-state index < -0.39 is 0 Å². The van der Waals surface area contributed by atoms with E-state index in [1.807, 2.05) is 18.4 Å². The van der Waals surface area contributed by atoms with E-state index in [1.165, 1.54) is 35.0 Å². The maximum Gasteiger partial charge on any atom is 0.185 e. The largest absolute Gasteiger partial charge is 0.348 e. The lowest BCUT2D eigenvalue weighted by Crippen LogP contribution is -2.24. The van der Waals surface area contributed by atoms with Crippen molar-refractivity contribution in [2.75, 3.05) is 25.0 Å². The van der Waals surface area contributed by atoms with Gasteiger partial charge in [-0.2, -0.15) is 0 Å². The third-order valence-corrected chi connectivity index (χ3v) is 5.34. The molecular weight excluding hydrogens is 266 g/mol. The fourth-order valence-electron chi connectivity index (χ4n) is 2.84. The molecule has 0 atom stereocenters. The number of aromatic nitrogens is 1. The monoisotopic (exact) mass is 295 g/mol. The Morgan fingerprint density at radius 2 is 2.05 bits per heavy atom. The summed E-state index contributed by atoms with van der Waals surface area (Å²) in [6.07, 6.45) is 3.88. The quantitative estimate of drug-likeness (QED) is 0.910. The van der Waals surface area contributed by atoms with Gasteiger partial charge in [-0.05, 0) is 37.6 Å². The van der Waals surface area contributed by atoms with Gasteiger partial charge < -0.3 is 10.2 Å². The summed E-state index contributed by atoms with van der Waals surface area (Å²) in [7, 11) is 2.01. The van der Waals surface area contributed by atoms with Crippen molar-refractivity contribution in [2.45, 2.75) is 59.4 Å². The lowest BCUT2D eigenvalue weighted by molar-refractivity contribution is 0.325. The van der Waals surface area contributed by atoms with Crippen LogP contribution in [0.2, 0.25) is 0 Å². The highest BCUT2D eigenvalue weighted by molar-refractivity contribution is 7.15. The zero-order chi connectivity index (χ0) is 14.8. The van der Waals surface area contributed by atoms with Gasteiger partial charge in [0.1, 0.15) is 0 Å². The van der Waals surface area contributed by atoms with Crippen LogP contribution in [0.5, 0.6) is 0 Å². The number of rotatable bonds is 4. The Balaban J connectivity index is 2.17. The van der Waals surface area contributed by atoms with Gasteiger partial charge in [0.05, 0.1) is 5.69 Å². The lowest BCUT2D eigenvalue weighted by atomic mass is 9.85. The van der Waals surface area contributed by atoms with Gasteiger partial charge in [-0.1, -0.05) is 27.7 Å². The molecular formula is C16H29N3S. The fraction of sp³-hybridized carbons (Fsp3) is 0.812. The van der Waals surface area contributed by atoms with E-state index in [0.29, 0.717) is 11.3 Å². The van der Waals surface area contributed by atoms with Crippen molar-refractivity contribution < 1.29 is 0 Å². The summed E-state index contributed by atoms with van der Waals surface area (Å²) in [5.41, 5.74) is 1.77. The Labute approximate surface area is 127 Å². The molecule has 20 heavy (non-hydrogen) atoms. The molecule has 1 N–H and O–H groups in total. The molecule has 114 valence electrons. The summed E-state index contributed by atoms with van der Waals surface area (Å²) in [6.45, 7) is 12.5. The van der Waals surface area contributed by atoms with E-state index >= 15 is 0 Å². The Kier molecular flexibility index (Phi) is 5.08. The van der Waals surface area contributed by atoms with Crippen LogP contribution in [0.15, 0.2) is 0 Å². The molecule has 0 saturated carbocycles. The van der Waals surface area contributed by atoms with Crippen molar-refractivity contribution in [3.63, 3.8) is 0 Å². The average molecular weight is 295 g/mol. The number of nitrogens with one attached hydrogen (secondary N) is 1. The van der Waals surface area contributed by atoms with Gasteiger partial charge in [-0.15, -0.1) is 11.3 Å². The number of anilines is 1. The van der Waals surface area contributed by atoms with E-state index in [1.54, 1.807) is 0 Å². The van der Waals surface area contributed by atoms with Crippen LogP contribution in [0.3, 0.4) is 0 Å². The van der Waals surface area contributed by atoms with E-state index in [9.17, 15) is 0 Å². The molecule has 0 aliphatic carbocycles. The van der Waals surface area contributed by atoms with Crippen LogP contribution in [0.4, 0.5) is 5.13 Å². The minimum absolute atomic E-state index is 0.487. The van der Waals surface area contributed by atoms with Crippen molar-refractivity contribution >= 4 is 16.5 Å². The molecule has 0 amide bonds. The summed E-state index contributed by atoms with van der Waals surface area (Å²) in [6, 6.07) is 0. The van der Waals surface area contributed by atoms with Gasteiger partial charge in [-0.3, -0.25) is 0 Å². The Bertz CT molecular complexity index is 437. The van der Waals surface area contributed by atoms with Crippen LogP contribution in [-0.2, 0) is 6.54 Å². The van der Waals surface area contributed by atoms with Crippen LogP contribution in [0.25, 0.3) is 0 Å². The Morgan fingerprint density at radius 3 is 2.70 bits per heavy atom. The molecule has 1 aliphatic rings. The smallest absolute Gasteiger partial charge is 0.185 e. The molecule has 1 aromatic heterocycles. The molecule has 0 bridgehead atoms. The molecule has 3 nitrogen and oxygen atoms in total. The Morgan fingerprint density at radius 1 is 1.30 bits per heavy atom. The summed E-state index contributed by atoms with van der Waals surface area (Å²) >= 11 is 1.88. The molecule has 2 rings (SSSR count). The normalized spacial score (nSPS) is 19.4. The standard InChI is InChI=1S/C16H29N3S/c1-12(2)14-13(11-17-5)20-15(18-14)19-9-6-7-16(3,4)8-10-19/h12,17H,6-11H2,1-5H3. The van der Waals surface area contributed by atoms with Crippen LogP contribution < -0.4 is 10.2 Å². The molecule has 1 fully saturated rings. The molecule has 1 aromatic rings. The van der Waals surface area contributed by atoms with E-state index in [0.717, 1.165) is 19.6 Å². The molecule has 0 aromatic carbocycles. The maximum absolute atomic E-state index is 4.95. The highest BCUT2D eigenvalue weighted by Crippen LogP contribution is 2.35. The SMILES string of the molecule is CNCc1sc(N2CCCC(C)(C)CC2)nc1C(C)C. The van der Waals surface area contributed by atoms with E-state index in [2.05, 4.69) is 37.9 Å². The van der Waals surface area contributed by atoms with Crippen molar-refractivity contribution in [3.05, 3.63) is 10.6 Å². The molecule has 1 saturated heterocycles. The van der Waals surface area contributed by atoms with Crippen LogP contribution in [0.1, 0.15) is 63.4 Å². The average Bonchev–Trinajstić information content (AvgIpc) is 2.69. The first-order chi connectivity index (χ1) is 9.43. The van der Waals surface area contributed by atoms with Crippen molar-refractivity contribution in [1.82, 2.24) is 10.3 Å². The second-order valence-electron chi connectivity index (χ2n) is 6.99. The molecule has 2 heterocycles. The summed E-state index contributed by atoms with van der Waals surface area (Å²) in [5, 5.41) is 4.51. The number of hydrogen-bond donors (Lipinski definition) is 1. The van der Waals surface area contributed by atoms with Gasteiger partial charge in [0.15, 0.2) is 5.13 Å². The third kappa shape index (κ3) is 3.73. The van der Waals surface area contributed by atoms with Crippen molar-refractivity contribution in [3.8, 4) is 0 Å². The first kappa shape index (κ1) is 15.8. The zero-order valence-electron chi connectivity index (χ0n) is 13.6. The summed E-state index contributed by atoms with van der Waals surface area (Å²) < 4.78 is 0. The van der Waals surface area contributed by atoms with Gasteiger partial charge >= 0.3 is 0 Å². The summed E-state index contributed by atoms with van der Waals surface area (Å²) in [4.78, 5) is 8.85. The minimum atomic E-state index is 0.487. The predicted molar refractivity (Wildman–Crippen MR) is 88.8 cm³/mol. The second-order valence-corrected chi connectivity index (χ2v) is 8.06. The number of hydrogen-bond acceptors (Lipinski definition) is 4. The van der Waals surface area contributed by atoms with Crippen LogP contribution in [-0.4, -0.2) is 25.1 Å². The van der Waals surface area contributed by atoms with Crippen molar-refractivity contribution in [1.29, 1.82) is 0 Å².